The molecule has 0 unspecified atom stereocenters. The number of nitrogens with zero attached hydrogens (tertiary/aromatic N) is 3. The van der Waals surface area contributed by atoms with E-state index < -0.39 is 0 Å². The van der Waals surface area contributed by atoms with Gasteiger partial charge in [0, 0.05) is 31.7 Å². The van der Waals surface area contributed by atoms with Gasteiger partial charge in [0.05, 0.1) is 12.7 Å². The van der Waals surface area contributed by atoms with E-state index >= 15 is 0 Å². The number of nitrogens with one attached hydrogen (secondary N) is 2. The van der Waals surface area contributed by atoms with Crippen LogP contribution < -0.4 is 10.6 Å². The zero-order valence-electron chi connectivity index (χ0n) is 13.3. The molecule has 0 aliphatic rings. The summed E-state index contributed by atoms with van der Waals surface area (Å²) in [7, 11) is 3.75. The second-order valence-electron chi connectivity index (χ2n) is 5.01. The van der Waals surface area contributed by atoms with Crippen LogP contribution in [0.1, 0.15) is 22.4 Å². The molecule has 0 saturated carbocycles. The van der Waals surface area contributed by atoms with Gasteiger partial charge >= 0.3 is 0 Å². The average molecular weight is 433 g/mol. The normalized spacial score (nSPS) is 11.1. The van der Waals surface area contributed by atoms with Gasteiger partial charge in [-0.1, -0.05) is 0 Å². The number of halogens is 1. The first-order chi connectivity index (χ1) is 10.2. The van der Waals surface area contributed by atoms with Crippen LogP contribution in [0, 0.1) is 6.92 Å². The summed E-state index contributed by atoms with van der Waals surface area (Å²) in [6, 6.07) is 2.14. The minimum absolute atomic E-state index is 0. The summed E-state index contributed by atoms with van der Waals surface area (Å²) in [6.45, 7) is 3.86. The minimum Gasteiger partial charge on any atom is -0.356 e. The van der Waals surface area contributed by atoms with Gasteiger partial charge < -0.3 is 10.6 Å². The molecule has 5 nitrogen and oxygen atoms in total. The van der Waals surface area contributed by atoms with Gasteiger partial charge in [0.25, 0.3) is 0 Å². The van der Waals surface area contributed by atoms with E-state index in [4.69, 9.17) is 0 Å². The molecule has 22 heavy (non-hydrogen) atoms. The monoisotopic (exact) mass is 433 g/mol. The molecule has 0 fully saturated rings. The van der Waals surface area contributed by atoms with Gasteiger partial charge in [-0.15, -0.1) is 35.3 Å². The third kappa shape index (κ3) is 5.96. The Kier molecular flexibility index (Phi) is 8.47. The molecule has 0 amide bonds. The van der Waals surface area contributed by atoms with E-state index in [1.54, 1.807) is 18.4 Å². The highest BCUT2D eigenvalue weighted by Gasteiger charge is 2.02. The Morgan fingerprint density at radius 2 is 2.23 bits per heavy atom. The summed E-state index contributed by atoms with van der Waals surface area (Å²) >= 11 is 1.78. The molecule has 0 aliphatic heterocycles. The smallest absolute Gasteiger partial charge is 0.191 e. The van der Waals surface area contributed by atoms with Crippen LogP contribution in [-0.4, -0.2) is 29.3 Å². The van der Waals surface area contributed by atoms with Crippen LogP contribution in [0.5, 0.6) is 0 Å². The van der Waals surface area contributed by atoms with Gasteiger partial charge in [-0.3, -0.25) is 9.67 Å². The van der Waals surface area contributed by atoms with Crippen LogP contribution in [0.2, 0.25) is 0 Å². The first-order valence-corrected chi connectivity index (χ1v) is 8.02. The number of hydrogen-bond donors (Lipinski definition) is 2. The van der Waals surface area contributed by atoms with Crippen molar-refractivity contribution in [2.45, 2.75) is 26.3 Å². The summed E-state index contributed by atoms with van der Waals surface area (Å²) in [5.74, 6) is 0.856. The Hall–Kier alpha value is -1.09. The fourth-order valence-corrected chi connectivity index (χ4v) is 2.92. The van der Waals surface area contributed by atoms with Crippen molar-refractivity contribution in [1.29, 1.82) is 0 Å². The van der Waals surface area contributed by atoms with Crippen LogP contribution in [0.15, 0.2) is 28.8 Å². The Labute approximate surface area is 153 Å². The molecule has 0 spiro atoms. The van der Waals surface area contributed by atoms with E-state index in [9.17, 15) is 0 Å². The van der Waals surface area contributed by atoms with E-state index in [1.165, 1.54) is 16.0 Å². The second kappa shape index (κ2) is 9.83. The largest absolute Gasteiger partial charge is 0.356 e. The highest BCUT2D eigenvalue weighted by molar-refractivity contribution is 14.0. The maximum absolute atomic E-state index is 4.25. The van der Waals surface area contributed by atoms with Crippen LogP contribution in [0.4, 0.5) is 0 Å². The fourth-order valence-electron chi connectivity index (χ4n) is 2.07. The van der Waals surface area contributed by atoms with Gasteiger partial charge in [-0.2, -0.15) is 5.10 Å². The van der Waals surface area contributed by atoms with Crippen molar-refractivity contribution in [3.05, 3.63) is 39.8 Å². The number of aromatic nitrogens is 2. The molecular formula is C15H24IN5S. The molecule has 2 rings (SSSR count). The van der Waals surface area contributed by atoms with Crippen molar-refractivity contribution in [2.75, 3.05) is 13.6 Å². The number of rotatable bonds is 6. The molecule has 0 bridgehead atoms. The third-order valence-corrected chi connectivity index (χ3v) is 4.32. The molecule has 7 heteroatoms. The zero-order chi connectivity index (χ0) is 15.1. The summed E-state index contributed by atoms with van der Waals surface area (Å²) in [5.41, 5.74) is 2.61. The topological polar surface area (TPSA) is 54.2 Å². The van der Waals surface area contributed by atoms with Crippen LogP contribution in [-0.2, 0) is 20.0 Å². The van der Waals surface area contributed by atoms with E-state index in [0.717, 1.165) is 31.9 Å². The zero-order valence-corrected chi connectivity index (χ0v) is 16.4. The number of guanidine groups is 1. The van der Waals surface area contributed by atoms with E-state index in [0.29, 0.717) is 0 Å². The van der Waals surface area contributed by atoms with Crippen molar-refractivity contribution >= 4 is 41.3 Å². The van der Waals surface area contributed by atoms with Crippen molar-refractivity contribution in [1.82, 2.24) is 20.4 Å². The van der Waals surface area contributed by atoms with Crippen LogP contribution >= 0.6 is 35.3 Å². The lowest BCUT2D eigenvalue weighted by Gasteiger charge is -2.11. The molecular weight excluding hydrogens is 409 g/mol. The van der Waals surface area contributed by atoms with Crippen LogP contribution in [0.25, 0.3) is 0 Å². The molecule has 0 aliphatic carbocycles. The maximum atomic E-state index is 4.25. The highest BCUT2D eigenvalue weighted by Crippen LogP contribution is 2.14. The average Bonchev–Trinajstić information content (AvgIpc) is 3.07. The van der Waals surface area contributed by atoms with Gasteiger partial charge in [-0.25, -0.2) is 0 Å². The highest BCUT2D eigenvalue weighted by atomic mass is 127. The molecule has 122 valence electrons. The maximum Gasteiger partial charge on any atom is 0.191 e. The van der Waals surface area contributed by atoms with E-state index in [-0.39, 0.29) is 24.0 Å². The van der Waals surface area contributed by atoms with Crippen molar-refractivity contribution in [3.8, 4) is 0 Å². The lowest BCUT2D eigenvalue weighted by molar-refractivity contribution is 0.740. The lowest BCUT2D eigenvalue weighted by atomic mass is 10.2. The minimum atomic E-state index is 0. The standard InChI is InChI=1S/C15H23N5S.HI/c1-12-6-8-21-14(12)10-18-15(16-2)17-7-4-5-13-9-19-20(3)11-13;/h6,8-9,11H,4-5,7,10H2,1-3H3,(H2,16,17,18);1H. The summed E-state index contributed by atoms with van der Waals surface area (Å²) < 4.78 is 1.84. The Bertz CT molecular complexity index is 590. The second-order valence-corrected chi connectivity index (χ2v) is 6.01. The van der Waals surface area contributed by atoms with Crippen molar-refractivity contribution in [2.24, 2.45) is 12.0 Å². The number of aryl methyl sites for hydroxylation is 3. The Morgan fingerprint density at radius 3 is 2.82 bits per heavy atom. The van der Waals surface area contributed by atoms with Gasteiger partial charge in [0.2, 0.25) is 0 Å². The number of aliphatic imine (C=N–C) groups is 1. The first kappa shape index (κ1) is 19.0. The fraction of sp³-hybridized carbons (Fsp3) is 0.467. The molecule has 0 saturated heterocycles. The molecule has 0 aromatic carbocycles. The van der Waals surface area contributed by atoms with Crippen molar-refractivity contribution < 1.29 is 0 Å². The first-order valence-electron chi connectivity index (χ1n) is 7.14. The molecule has 2 N–H and O–H groups in total. The molecule has 2 aromatic rings. The SMILES string of the molecule is CN=C(NCCCc1cnn(C)c1)NCc1sccc1C.I. The van der Waals surface area contributed by atoms with E-state index in [2.05, 4.69) is 45.3 Å². The molecule has 0 atom stereocenters. The molecule has 2 aromatic heterocycles. The summed E-state index contributed by atoms with van der Waals surface area (Å²) in [5, 5.41) is 13.0. The molecule has 2 heterocycles. The predicted octanol–water partition coefficient (Wildman–Crippen LogP) is 2.71. The van der Waals surface area contributed by atoms with Crippen molar-refractivity contribution in [3.63, 3.8) is 0 Å². The number of hydrogen-bond acceptors (Lipinski definition) is 3. The van der Waals surface area contributed by atoms with E-state index in [1.807, 2.05) is 17.9 Å². The Balaban J connectivity index is 0.00000242. The Morgan fingerprint density at radius 1 is 1.41 bits per heavy atom. The third-order valence-electron chi connectivity index (χ3n) is 3.30. The lowest BCUT2D eigenvalue weighted by Crippen LogP contribution is -2.37. The van der Waals surface area contributed by atoms with Crippen LogP contribution in [0.3, 0.4) is 0 Å². The number of thiophene rings is 1. The van der Waals surface area contributed by atoms with Gasteiger partial charge in [0.15, 0.2) is 5.96 Å². The summed E-state index contributed by atoms with van der Waals surface area (Å²) in [4.78, 5) is 5.60. The quantitative estimate of drug-likeness (QED) is 0.319. The summed E-state index contributed by atoms with van der Waals surface area (Å²) in [6.07, 6.45) is 6.07. The molecule has 0 radical (unpaired) electrons. The van der Waals surface area contributed by atoms with Gasteiger partial charge in [-0.05, 0) is 42.3 Å². The predicted molar refractivity (Wildman–Crippen MR) is 104 cm³/mol. The van der Waals surface area contributed by atoms with Gasteiger partial charge in [0.1, 0.15) is 0 Å².